The Kier molecular flexibility index (Phi) is 5.30. The number of hydrogen-bond donors (Lipinski definition) is 0. The molecular weight excluding hydrogens is 392 g/mol. The van der Waals surface area contributed by atoms with Gasteiger partial charge in [0.25, 0.3) is 5.91 Å². The molecule has 2 aromatic rings. The molecule has 2 heterocycles. The van der Waals surface area contributed by atoms with Gasteiger partial charge < -0.3 is 14.4 Å². The predicted molar refractivity (Wildman–Crippen MR) is 97.7 cm³/mol. The number of ether oxygens (including phenoxy) is 2. The van der Waals surface area contributed by atoms with Gasteiger partial charge >= 0.3 is 0 Å². The van der Waals surface area contributed by atoms with Crippen LogP contribution in [0.15, 0.2) is 41.0 Å². The van der Waals surface area contributed by atoms with Gasteiger partial charge in [-0.05, 0) is 30.3 Å². The Balaban J connectivity index is 1.96. The third-order valence-electron chi connectivity index (χ3n) is 3.80. The van der Waals surface area contributed by atoms with Crippen LogP contribution in [0.2, 0.25) is 0 Å². The number of amides is 1. The maximum atomic E-state index is 13.0. The molecule has 0 bridgehead atoms. The van der Waals surface area contributed by atoms with Crippen LogP contribution in [-0.2, 0) is 0 Å². The highest BCUT2D eigenvalue weighted by molar-refractivity contribution is 9.10. The van der Waals surface area contributed by atoms with Crippen LogP contribution in [0.3, 0.4) is 0 Å². The topological polar surface area (TPSA) is 51.7 Å². The lowest BCUT2D eigenvalue weighted by Gasteiger charge is -2.26. The van der Waals surface area contributed by atoms with E-state index in [0.29, 0.717) is 18.0 Å². The Morgan fingerprint density at radius 2 is 2.17 bits per heavy atom. The summed E-state index contributed by atoms with van der Waals surface area (Å²) in [5.41, 5.74) is 1.45. The van der Waals surface area contributed by atoms with E-state index < -0.39 is 0 Å². The number of rotatable bonds is 4. The van der Waals surface area contributed by atoms with Gasteiger partial charge in [0.05, 0.1) is 14.2 Å². The maximum Gasteiger partial charge on any atom is 0.260 e. The Morgan fingerprint density at radius 3 is 2.92 bits per heavy atom. The standard InChI is InChI=1S/C17H17BrN2O3S/c1-22-14-6-5-11(18)10-13(14)17-20(8-9-24-17)16(21)12-4-3-7-19-15(12)23-2/h3-7,10,17H,8-9H2,1-2H3. The van der Waals surface area contributed by atoms with Gasteiger partial charge in [-0.15, -0.1) is 11.8 Å². The lowest BCUT2D eigenvalue weighted by atomic mass is 10.1. The van der Waals surface area contributed by atoms with Crippen molar-refractivity contribution in [3.8, 4) is 11.6 Å². The minimum atomic E-state index is -0.102. The van der Waals surface area contributed by atoms with Crippen molar-refractivity contribution in [1.29, 1.82) is 0 Å². The van der Waals surface area contributed by atoms with Crippen molar-refractivity contribution in [3.05, 3.63) is 52.1 Å². The number of hydrogen-bond acceptors (Lipinski definition) is 5. The van der Waals surface area contributed by atoms with Crippen LogP contribution < -0.4 is 9.47 Å². The molecule has 1 aliphatic heterocycles. The second kappa shape index (κ2) is 7.44. The van der Waals surface area contributed by atoms with Crippen LogP contribution in [0, 0.1) is 0 Å². The van der Waals surface area contributed by atoms with E-state index in [9.17, 15) is 4.79 Å². The molecule has 5 nitrogen and oxygen atoms in total. The van der Waals surface area contributed by atoms with E-state index in [2.05, 4.69) is 20.9 Å². The summed E-state index contributed by atoms with van der Waals surface area (Å²) in [5.74, 6) is 1.90. The minimum absolute atomic E-state index is 0.0861. The molecule has 0 aliphatic carbocycles. The molecule has 1 aromatic heterocycles. The summed E-state index contributed by atoms with van der Waals surface area (Å²) >= 11 is 5.22. The molecule has 1 amide bonds. The first-order valence-corrected chi connectivity index (χ1v) is 9.25. The number of nitrogens with zero attached hydrogens (tertiary/aromatic N) is 2. The highest BCUT2D eigenvalue weighted by Gasteiger charge is 2.34. The molecule has 1 aromatic carbocycles. The van der Waals surface area contributed by atoms with E-state index in [-0.39, 0.29) is 11.3 Å². The Morgan fingerprint density at radius 1 is 1.33 bits per heavy atom. The molecule has 1 saturated heterocycles. The summed E-state index contributed by atoms with van der Waals surface area (Å²) in [5, 5.41) is -0.102. The first-order chi connectivity index (χ1) is 11.7. The van der Waals surface area contributed by atoms with Crippen LogP contribution in [0.5, 0.6) is 11.6 Å². The van der Waals surface area contributed by atoms with Crippen molar-refractivity contribution in [2.24, 2.45) is 0 Å². The van der Waals surface area contributed by atoms with E-state index in [1.165, 1.54) is 7.11 Å². The highest BCUT2D eigenvalue weighted by Crippen LogP contribution is 2.43. The number of halogens is 1. The molecule has 1 fully saturated rings. The molecule has 1 atom stereocenters. The first-order valence-electron chi connectivity index (χ1n) is 7.40. The van der Waals surface area contributed by atoms with Gasteiger partial charge in [0.15, 0.2) is 0 Å². The van der Waals surface area contributed by atoms with Gasteiger partial charge in [0.2, 0.25) is 5.88 Å². The van der Waals surface area contributed by atoms with Crippen molar-refractivity contribution in [2.75, 3.05) is 26.5 Å². The molecule has 1 aliphatic rings. The van der Waals surface area contributed by atoms with Crippen molar-refractivity contribution >= 4 is 33.6 Å². The van der Waals surface area contributed by atoms with Crippen LogP contribution in [0.1, 0.15) is 21.3 Å². The van der Waals surface area contributed by atoms with E-state index in [1.54, 1.807) is 37.2 Å². The van der Waals surface area contributed by atoms with Crippen LogP contribution >= 0.6 is 27.7 Å². The van der Waals surface area contributed by atoms with Crippen molar-refractivity contribution in [1.82, 2.24) is 9.88 Å². The predicted octanol–water partition coefficient (Wildman–Crippen LogP) is 3.75. The average molecular weight is 409 g/mol. The zero-order valence-corrected chi connectivity index (χ0v) is 15.8. The second-order valence-corrected chi connectivity index (χ2v) is 7.27. The lowest BCUT2D eigenvalue weighted by Crippen LogP contribution is -2.31. The largest absolute Gasteiger partial charge is 0.496 e. The van der Waals surface area contributed by atoms with Gasteiger partial charge in [-0.3, -0.25) is 4.79 Å². The monoisotopic (exact) mass is 408 g/mol. The third-order valence-corrected chi connectivity index (χ3v) is 5.54. The van der Waals surface area contributed by atoms with Gasteiger partial charge in [-0.1, -0.05) is 15.9 Å². The number of aromatic nitrogens is 1. The average Bonchev–Trinajstić information content (AvgIpc) is 3.10. The summed E-state index contributed by atoms with van der Waals surface area (Å²) in [4.78, 5) is 19.0. The molecule has 7 heteroatoms. The van der Waals surface area contributed by atoms with E-state index >= 15 is 0 Å². The summed E-state index contributed by atoms with van der Waals surface area (Å²) < 4.78 is 11.7. The fraction of sp³-hybridized carbons (Fsp3) is 0.294. The minimum Gasteiger partial charge on any atom is -0.496 e. The molecule has 0 N–H and O–H groups in total. The summed E-state index contributed by atoms with van der Waals surface area (Å²) in [7, 11) is 3.16. The van der Waals surface area contributed by atoms with Crippen LogP contribution in [0.25, 0.3) is 0 Å². The fourth-order valence-corrected chi connectivity index (χ4v) is 4.35. The number of benzene rings is 1. The smallest absolute Gasteiger partial charge is 0.260 e. The molecular formula is C17H17BrN2O3S. The number of carbonyl (C=O) groups is 1. The summed E-state index contributed by atoms with van der Waals surface area (Å²) in [6.45, 7) is 0.669. The molecule has 3 rings (SSSR count). The van der Waals surface area contributed by atoms with Crippen molar-refractivity contribution in [2.45, 2.75) is 5.37 Å². The molecule has 1 unspecified atom stereocenters. The van der Waals surface area contributed by atoms with E-state index in [4.69, 9.17) is 9.47 Å². The molecule has 0 saturated carbocycles. The number of thioether (sulfide) groups is 1. The Bertz CT molecular complexity index is 756. The summed E-state index contributed by atoms with van der Waals surface area (Å²) in [6, 6.07) is 9.33. The highest BCUT2D eigenvalue weighted by atomic mass is 79.9. The van der Waals surface area contributed by atoms with Crippen LogP contribution in [-0.4, -0.2) is 42.3 Å². The number of carbonyl (C=O) groups excluding carboxylic acids is 1. The van der Waals surface area contributed by atoms with Crippen molar-refractivity contribution < 1.29 is 14.3 Å². The van der Waals surface area contributed by atoms with Gasteiger partial charge in [0, 0.05) is 28.5 Å². The fourth-order valence-electron chi connectivity index (χ4n) is 2.70. The number of pyridine rings is 1. The third kappa shape index (κ3) is 3.23. The Hall–Kier alpha value is -1.73. The van der Waals surface area contributed by atoms with Gasteiger partial charge in [-0.25, -0.2) is 4.98 Å². The van der Waals surface area contributed by atoms with Crippen LogP contribution in [0.4, 0.5) is 0 Å². The van der Waals surface area contributed by atoms with Gasteiger partial charge in [-0.2, -0.15) is 0 Å². The molecule has 24 heavy (non-hydrogen) atoms. The van der Waals surface area contributed by atoms with E-state index in [1.807, 2.05) is 23.1 Å². The van der Waals surface area contributed by atoms with Gasteiger partial charge in [0.1, 0.15) is 16.7 Å². The molecule has 126 valence electrons. The normalized spacial score (nSPS) is 17.0. The zero-order valence-electron chi connectivity index (χ0n) is 13.4. The zero-order chi connectivity index (χ0) is 17.1. The molecule has 0 radical (unpaired) electrons. The summed E-state index contributed by atoms with van der Waals surface area (Å²) in [6.07, 6.45) is 1.61. The van der Waals surface area contributed by atoms with Crippen molar-refractivity contribution in [3.63, 3.8) is 0 Å². The quantitative estimate of drug-likeness (QED) is 0.770. The Labute approximate surface area is 153 Å². The lowest BCUT2D eigenvalue weighted by molar-refractivity contribution is 0.0755. The van der Waals surface area contributed by atoms with E-state index in [0.717, 1.165) is 21.5 Å². The molecule has 0 spiro atoms. The second-order valence-electron chi connectivity index (χ2n) is 5.17. The first kappa shape index (κ1) is 17.1. The number of methoxy groups -OCH3 is 2. The maximum absolute atomic E-state index is 13.0. The SMILES string of the molecule is COc1ccc(Br)cc1C1SCCN1C(=O)c1cccnc1OC.